The lowest BCUT2D eigenvalue weighted by Crippen LogP contribution is -2.46. The van der Waals surface area contributed by atoms with Crippen molar-refractivity contribution >= 4 is 39.4 Å². The predicted molar refractivity (Wildman–Crippen MR) is 96.9 cm³/mol. The molecular formula is C16H23BrN4OS. The van der Waals surface area contributed by atoms with Crippen molar-refractivity contribution in [2.45, 2.75) is 37.3 Å². The summed E-state index contributed by atoms with van der Waals surface area (Å²) in [4.78, 5) is 26.0. The van der Waals surface area contributed by atoms with Crippen LogP contribution in [0.1, 0.15) is 32.1 Å². The summed E-state index contributed by atoms with van der Waals surface area (Å²) in [5.74, 6) is 1.35. The Labute approximate surface area is 150 Å². The third-order valence-corrected chi connectivity index (χ3v) is 5.75. The molecule has 2 aliphatic heterocycles. The zero-order valence-corrected chi connectivity index (χ0v) is 15.9. The third kappa shape index (κ3) is 3.99. The number of anilines is 1. The molecule has 0 N–H and O–H groups in total. The van der Waals surface area contributed by atoms with Crippen LogP contribution in [0.2, 0.25) is 0 Å². The van der Waals surface area contributed by atoms with Gasteiger partial charge in [-0.1, -0.05) is 11.8 Å². The second-order valence-corrected chi connectivity index (χ2v) is 7.83. The number of piperidine rings is 2. The van der Waals surface area contributed by atoms with Gasteiger partial charge in [0.2, 0.25) is 5.91 Å². The minimum Gasteiger partial charge on any atom is -0.355 e. The van der Waals surface area contributed by atoms with E-state index in [0.717, 1.165) is 67.3 Å². The van der Waals surface area contributed by atoms with Crippen LogP contribution in [0, 0.1) is 5.92 Å². The quantitative estimate of drug-likeness (QED) is 0.577. The largest absolute Gasteiger partial charge is 0.355 e. The highest BCUT2D eigenvalue weighted by Gasteiger charge is 2.31. The molecule has 0 saturated carbocycles. The fourth-order valence-corrected chi connectivity index (χ4v) is 4.18. The van der Waals surface area contributed by atoms with Crippen LogP contribution in [0.4, 0.5) is 5.82 Å². The molecule has 2 saturated heterocycles. The highest BCUT2D eigenvalue weighted by atomic mass is 79.9. The van der Waals surface area contributed by atoms with Crippen molar-refractivity contribution in [3.05, 3.63) is 10.7 Å². The molecule has 1 atom stereocenters. The number of rotatable bonds is 3. The molecule has 0 bridgehead atoms. The number of aromatic nitrogens is 2. The maximum atomic E-state index is 12.8. The molecule has 3 heterocycles. The zero-order valence-electron chi connectivity index (χ0n) is 13.5. The Balaban J connectivity index is 1.71. The first-order valence-electron chi connectivity index (χ1n) is 8.29. The normalized spacial score (nSPS) is 22.3. The topological polar surface area (TPSA) is 49.3 Å². The molecule has 126 valence electrons. The SMILES string of the molecule is CSc1ncc(Br)c(N2CCCC(C(=O)N3CCCCC3)C2)n1. The van der Waals surface area contributed by atoms with Gasteiger partial charge in [-0.3, -0.25) is 4.79 Å². The van der Waals surface area contributed by atoms with Crippen molar-refractivity contribution in [3.8, 4) is 0 Å². The summed E-state index contributed by atoms with van der Waals surface area (Å²) < 4.78 is 0.904. The molecule has 1 aromatic rings. The van der Waals surface area contributed by atoms with Gasteiger partial charge in [-0.05, 0) is 54.3 Å². The molecule has 0 aliphatic carbocycles. The number of carbonyl (C=O) groups is 1. The smallest absolute Gasteiger partial charge is 0.227 e. The standard InChI is InChI=1S/C16H23BrN4OS/c1-23-16-18-10-13(17)14(19-16)21-9-5-6-12(11-21)15(22)20-7-3-2-4-8-20/h10,12H,2-9,11H2,1H3. The van der Waals surface area contributed by atoms with Gasteiger partial charge in [0.05, 0.1) is 10.4 Å². The summed E-state index contributed by atoms with van der Waals surface area (Å²) >= 11 is 5.10. The molecule has 7 heteroatoms. The summed E-state index contributed by atoms with van der Waals surface area (Å²) in [6, 6.07) is 0. The first-order chi connectivity index (χ1) is 11.2. The van der Waals surface area contributed by atoms with E-state index >= 15 is 0 Å². The maximum Gasteiger partial charge on any atom is 0.227 e. The Bertz CT molecular complexity index is 565. The van der Waals surface area contributed by atoms with E-state index < -0.39 is 0 Å². The lowest BCUT2D eigenvalue weighted by atomic mass is 9.95. The van der Waals surface area contributed by atoms with Gasteiger partial charge in [-0.25, -0.2) is 9.97 Å². The second-order valence-electron chi connectivity index (χ2n) is 6.20. The van der Waals surface area contributed by atoms with Gasteiger partial charge < -0.3 is 9.80 Å². The minimum absolute atomic E-state index is 0.0986. The predicted octanol–water partition coefficient (Wildman–Crippen LogP) is 3.19. The van der Waals surface area contributed by atoms with Crippen LogP contribution in [0.5, 0.6) is 0 Å². The third-order valence-electron chi connectivity index (χ3n) is 4.62. The lowest BCUT2D eigenvalue weighted by molar-refractivity contribution is -0.136. The molecule has 2 aliphatic rings. The van der Waals surface area contributed by atoms with E-state index in [2.05, 4.69) is 35.7 Å². The summed E-state index contributed by atoms with van der Waals surface area (Å²) in [7, 11) is 0. The summed E-state index contributed by atoms with van der Waals surface area (Å²) in [5.41, 5.74) is 0. The molecule has 0 spiro atoms. The van der Waals surface area contributed by atoms with Crippen LogP contribution in [0.25, 0.3) is 0 Å². The number of hydrogen-bond donors (Lipinski definition) is 0. The van der Waals surface area contributed by atoms with E-state index in [1.807, 2.05) is 12.5 Å². The Morgan fingerprint density at radius 1 is 1.26 bits per heavy atom. The average molecular weight is 399 g/mol. The Morgan fingerprint density at radius 2 is 2.04 bits per heavy atom. The maximum absolute atomic E-state index is 12.8. The van der Waals surface area contributed by atoms with Crippen LogP contribution >= 0.6 is 27.7 Å². The zero-order chi connectivity index (χ0) is 16.2. The molecule has 23 heavy (non-hydrogen) atoms. The Kier molecular flexibility index (Phi) is 5.80. The molecule has 5 nitrogen and oxygen atoms in total. The minimum atomic E-state index is 0.0986. The van der Waals surface area contributed by atoms with Gasteiger partial charge in [0.25, 0.3) is 0 Å². The van der Waals surface area contributed by atoms with E-state index in [1.165, 1.54) is 6.42 Å². The second kappa shape index (κ2) is 7.83. The molecule has 1 unspecified atom stereocenters. The van der Waals surface area contributed by atoms with E-state index in [0.29, 0.717) is 5.91 Å². The van der Waals surface area contributed by atoms with E-state index in [1.54, 1.807) is 11.8 Å². The molecule has 3 rings (SSSR count). The van der Waals surface area contributed by atoms with Gasteiger partial charge in [0, 0.05) is 32.4 Å². The van der Waals surface area contributed by atoms with Gasteiger partial charge >= 0.3 is 0 Å². The van der Waals surface area contributed by atoms with Crippen LogP contribution < -0.4 is 4.90 Å². The monoisotopic (exact) mass is 398 g/mol. The van der Waals surface area contributed by atoms with E-state index in [9.17, 15) is 4.79 Å². The molecule has 0 aromatic carbocycles. The molecule has 2 fully saturated rings. The van der Waals surface area contributed by atoms with Gasteiger partial charge in [-0.2, -0.15) is 0 Å². The van der Waals surface area contributed by atoms with E-state index in [-0.39, 0.29) is 5.92 Å². The summed E-state index contributed by atoms with van der Waals surface area (Å²) in [6.07, 6.45) is 9.37. The van der Waals surface area contributed by atoms with Gasteiger partial charge in [0.1, 0.15) is 5.82 Å². The van der Waals surface area contributed by atoms with Crippen molar-refractivity contribution in [1.82, 2.24) is 14.9 Å². The number of nitrogens with zero attached hydrogens (tertiary/aromatic N) is 4. The Morgan fingerprint density at radius 3 is 2.78 bits per heavy atom. The molecular weight excluding hydrogens is 376 g/mol. The van der Waals surface area contributed by atoms with Gasteiger partial charge in [-0.15, -0.1) is 0 Å². The van der Waals surface area contributed by atoms with Crippen molar-refractivity contribution < 1.29 is 4.79 Å². The van der Waals surface area contributed by atoms with Crippen molar-refractivity contribution in [1.29, 1.82) is 0 Å². The Hall–Kier alpha value is -0.820. The number of carbonyl (C=O) groups excluding carboxylic acids is 1. The number of thioether (sulfide) groups is 1. The van der Waals surface area contributed by atoms with Crippen molar-refractivity contribution in [2.24, 2.45) is 5.92 Å². The molecule has 0 radical (unpaired) electrons. The van der Waals surface area contributed by atoms with Crippen molar-refractivity contribution in [3.63, 3.8) is 0 Å². The van der Waals surface area contributed by atoms with Gasteiger partial charge in [0.15, 0.2) is 5.16 Å². The summed E-state index contributed by atoms with van der Waals surface area (Å²) in [6.45, 7) is 3.58. The first kappa shape index (κ1) is 17.0. The van der Waals surface area contributed by atoms with Crippen LogP contribution in [0.3, 0.4) is 0 Å². The highest BCUT2D eigenvalue weighted by Crippen LogP contribution is 2.30. The van der Waals surface area contributed by atoms with E-state index in [4.69, 9.17) is 0 Å². The number of likely N-dealkylation sites (tertiary alicyclic amines) is 1. The first-order valence-corrected chi connectivity index (χ1v) is 10.3. The van der Waals surface area contributed by atoms with Crippen LogP contribution in [0.15, 0.2) is 15.8 Å². The fourth-order valence-electron chi connectivity index (χ4n) is 3.41. The van der Waals surface area contributed by atoms with Crippen LogP contribution in [-0.4, -0.2) is 53.2 Å². The number of halogens is 1. The fraction of sp³-hybridized carbons (Fsp3) is 0.688. The summed E-state index contributed by atoms with van der Waals surface area (Å²) in [5, 5.41) is 0.771. The highest BCUT2D eigenvalue weighted by molar-refractivity contribution is 9.10. The average Bonchev–Trinajstić information content (AvgIpc) is 2.62. The van der Waals surface area contributed by atoms with Crippen molar-refractivity contribution in [2.75, 3.05) is 37.3 Å². The lowest BCUT2D eigenvalue weighted by Gasteiger charge is -2.37. The number of amides is 1. The number of hydrogen-bond acceptors (Lipinski definition) is 5. The molecule has 1 aromatic heterocycles. The van der Waals surface area contributed by atoms with Crippen LogP contribution in [-0.2, 0) is 4.79 Å². The molecule has 1 amide bonds.